The second-order valence-electron chi connectivity index (χ2n) is 8.88. The highest BCUT2D eigenvalue weighted by Gasteiger charge is 2.31. The minimum Gasteiger partial charge on any atom is -0.486 e. The van der Waals surface area contributed by atoms with Crippen molar-refractivity contribution in [3.05, 3.63) is 53.5 Å². The van der Waals surface area contributed by atoms with Crippen LogP contribution in [-0.2, 0) is 17.7 Å². The molecule has 35 heavy (non-hydrogen) atoms. The second kappa shape index (κ2) is 9.01. The average molecular weight is 484 g/mol. The maximum Gasteiger partial charge on any atom is 0.295 e. The number of ether oxygens (including phenoxy) is 2. The Bertz CT molecular complexity index is 1380. The van der Waals surface area contributed by atoms with Crippen LogP contribution < -0.4 is 10.1 Å². The van der Waals surface area contributed by atoms with Gasteiger partial charge in [0.2, 0.25) is 0 Å². The van der Waals surface area contributed by atoms with Gasteiger partial charge in [0.1, 0.15) is 35.6 Å². The third kappa shape index (κ3) is 4.39. The van der Waals surface area contributed by atoms with Gasteiger partial charge in [-0.25, -0.2) is 9.97 Å². The molecule has 1 fully saturated rings. The molecule has 10 heteroatoms. The molecule has 0 amide bonds. The minimum absolute atomic E-state index is 0.0526. The number of aliphatic hydroxyl groups is 1. The van der Waals surface area contributed by atoms with E-state index >= 15 is 0 Å². The van der Waals surface area contributed by atoms with Crippen molar-refractivity contribution < 1.29 is 23.4 Å². The van der Waals surface area contributed by atoms with E-state index in [0.29, 0.717) is 36.2 Å². The fraction of sp³-hybridized carbons (Fsp3) is 0.400. The lowest BCUT2D eigenvalue weighted by molar-refractivity contribution is -0.0556. The van der Waals surface area contributed by atoms with Crippen molar-refractivity contribution in [2.24, 2.45) is 7.05 Å². The number of aromatic nitrogens is 4. The molecule has 2 N–H and O–H groups in total. The van der Waals surface area contributed by atoms with Crippen LogP contribution in [0.3, 0.4) is 0 Å². The number of fused-ring (bicyclic) bond motifs is 3. The Hall–Kier alpha value is -3.37. The number of nitrogens with one attached hydrogen (secondary N) is 1. The van der Waals surface area contributed by atoms with Crippen molar-refractivity contribution in [3.63, 3.8) is 0 Å². The zero-order chi connectivity index (χ0) is 24.7. The third-order valence-electron chi connectivity index (χ3n) is 6.30. The van der Waals surface area contributed by atoms with Crippen molar-refractivity contribution in [3.8, 4) is 5.75 Å². The summed E-state index contributed by atoms with van der Waals surface area (Å²) in [6, 6.07) is 7.59. The van der Waals surface area contributed by atoms with Crippen LogP contribution in [0.2, 0.25) is 0 Å². The van der Waals surface area contributed by atoms with Gasteiger partial charge in [-0.1, -0.05) is 18.2 Å². The summed E-state index contributed by atoms with van der Waals surface area (Å²) in [6.07, 6.45) is 2.51. The Morgan fingerprint density at radius 3 is 2.86 bits per heavy atom. The molecule has 1 aliphatic rings. The lowest BCUT2D eigenvalue weighted by Crippen LogP contribution is -2.19. The largest absolute Gasteiger partial charge is 0.486 e. The molecule has 2 atom stereocenters. The van der Waals surface area contributed by atoms with Gasteiger partial charge in [0.15, 0.2) is 0 Å². The molecule has 2 aromatic heterocycles. The van der Waals surface area contributed by atoms with E-state index in [1.165, 1.54) is 12.1 Å². The average Bonchev–Trinajstić information content (AvgIpc) is 3.50. The van der Waals surface area contributed by atoms with Gasteiger partial charge in [0.25, 0.3) is 5.92 Å². The highest BCUT2D eigenvalue weighted by molar-refractivity contribution is 6.10. The van der Waals surface area contributed by atoms with E-state index in [1.54, 1.807) is 29.9 Å². The summed E-state index contributed by atoms with van der Waals surface area (Å²) in [4.78, 5) is 9.30. The Kier molecular flexibility index (Phi) is 6.02. The highest BCUT2D eigenvalue weighted by atomic mass is 19.3. The van der Waals surface area contributed by atoms with Crippen LogP contribution >= 0.6 is 0 Å². The number of halogens is 2. The molecule has 0 spiro atoms. The molecule has 0 saturated carbocycles. The highest BCUT2D eigenvalue weighted by Crippen LogP contribution is 2.37. The van der Waals surface area contributed by atoms with Gasteiger partial charge in [0, 0.05) is 30.5 Å². The van der Waals surface area contributed by atoms with E-state index in [0.717, 1.165) is 28.2 Å². The maximum atomic E-state index is 14.1. The Morgan fingerprint density at radius 2 is 2.11 bits per heavy atom. The molecule has 4 aromatic rings. The van der Waals surface area contributed by atoms with Crippen molar-refractivity contribution in [2.75, 3.05) is 25.1 Å². The van der Waals surface area contributed by atoms with Crippen LogP contribution in [0, 0.1) is 6.92 Å². The molecule has 5 rings (SSSR count). The van der Waals surface area contributed by atoms with E-state index in [-0.39, 0.29) is 17.7 Å². The smallest absolute Gasteiger partial charge is 0.295 e. The first-order chi connectivity index (χ1) is 16.8. The lowest BCUT2D eigenvalue weighted by Gasteiger charge is -2.20. The van der Waals surface area contributed by atoms with Crippen molar-refractivity contribution in [2.45, 2.75) is 38.3 Å². The van der Waals surface area contributed by atoms with Crippen LogP contribution in [0.5, 0.6) is 5.75 Å². The van der Waals surface area contributed by atoms with Gasteiger partial charge in [0.05, 0.1) is 30.3 Å². The topological polar surface area (TPSA) is 94.3 Å². The first-order valence-electron chi connectivity index (χ1n) is 11.5. The van der Waals surface area contributed by atoms with E-state index in [2.05, 4.69) is 20.4 Å². The van der Waals surface area contributed by atoms with E-state index in [1.807, 2.05) is 20.0 Å². The summed E-state index contributed by atoms with van der Waals surface area (Å²) in [5, 5.41) is 18.4. The SMILES string of the molecule is Cc1nc(N[C@H](C)c2cccc(C(F)(F)CO)c2)c2cc(O[C@H]3CCOC3)c3c(cnn3C)c2n1. The summed E-state index contributed by atoms with van der Waals surface area (Å²) in [7, 11) is 1.86. The molecule has 1 saturated heterocycles. The number of nitrogens with zero attached hydrogens (tertiary/aromatic N) is 4. The minimum atomic E-state index is -3.31. The number of benzene rings is 2. The summed E-state index contributed by atoms with van der Waals surface area (Å²) in [5.41, 5.74) is 1.97. The molecule has 0 bridgehead atoms. The Labute approximate surface area is 200 Å². The van der Waals surface area contributed by atoms with Crippen LogP contribution in [0.4, 0.5) is 14.6 Å². The molecule has 1 aliphatic heterocycles. The molecular weight excluding hydrogens is 456 g/mol. The van der Waals surface area contributed by atoms with Gasteiger partial charge in [-0.3, -0.25) is 4.68 Å². The predicted octanol–water partition coefficient (Wildman–Crippen LogP) is 4.25. The first kappa shape index (κ1) is 23.4. The fourth-order valence-electron chi connectivity index (χ4n) is 4.43. The van der Waals surface area contributed by atoms with Gasteiger partial charge >= 0.3 is 0 Å². The standard InChI is InChI=1S/C25H27F2N5O3/c1-14(16-5-4-6-17(9-16)25(26,27)13-33)29-24-19-10-21(35-18-7-8-34-12-18)23-20(11-28-32(23)3)22(19)30-15(2)31-24/h4-6,9-11,14,18,33H,7-8,12-13H2,1-3H3,(H,29,30,31)/t14-,18+/m1/s1. The van der Waals surface area contributed by atoms with Gasteiger partial charge in [-0.15, -0.1) is 0 Å². The van der Waals surface area contributed by atoms with E-state index in [4.69, 9.17) is 14.6 Å². The number of hydrogen-bond donors (Lipinski definition) is 2. The van der Waals surface area contributed by atoms with Crippen LogP contribution in [0.15, 0.2) is 36.5 Å². The normalized spacial score (nSPS) is 17.3. The van der Waals surface area contributed by atoms with Crippen LogP contribution in [-0.4, -0.2) is 50.8 Å². The molecular formula is C25H27F2N5O3. The van der Waals surface area contributed by atoms with Gasteiger partial charge in [-0.05, 0) is 31.5 Å². The van der Waals surface area contributed by atoms with Crippen LogP contribution in [0.1, 0.15) is 36.3 Å². The predicted molar refractivity (Wildman–Crippen MR) is 128 cm³/mol. The third-order valence-corrected chi connectivity index (χ3v) is 6.30. The second-order valence-corrected chi connectivity index (χ2v) is 8.88. The van der Waals surface area contributed by atoms with Crippen LogP contribution in [0.25, 0.3) is 21.8 Å². The molecule has 0 unspecified atom stereocenters. The summed E-state index contributed by atoms with van der Waals surface area (Å²) in [5.74, 6) is -1.51. The van der Waals surface area contributed by atoms with Crippen molar-refractivity contribution >= 4 is 27.6 Å². The van der Waals surface area contributed by atoms with Gasteiger partial charge in [-0.2, -0.15) is 13.9 Å². The Balaban J connectivity index is 1.57. The summed E-state index contributed by atoms with van der Waals surface area (Å²) in [6.45, 7) is 3.62. The monoisotopic (exact) mass is 483 g/mol. The van der Waals surface area contributed by atoms with E-state index < -0.39 is 12.5 Å². The van der Waals surface area contributed by atoms with Crippen molar-refractivity contribution in [1.29, 1.82) is 0 Å². The molecule has 8 nitrogen and oxygen atoms in total. The number of rotatable bonds is 7. The summed E-state index contributed by atoms with van der Waals surface area (Å²) < 4.78 is 41.6. The summed E-state index contributed by atoms with van der Waals surface area (Å²) >= 11 is 0. The number of anilines is 1. The maximum absolute atomic E-state index is 14.1. The molecule has 184 valence electrons. The van der Waals surface area contributed by atoms with E-state index in [9.17, 15) is 8.78 Å². The molecule has 0 radical (unpaired) electrons. The quantitative estimate of drug-likeness (QED) is 0.406. The molecule has 0 aliphatic carbocycles. The zero-order valence-electron chi connectivity index (χ0n) is 19.8. The molecule has 2 aromatic carbocycles. The Morgan fingerprint density at radius 1 is 1.29 bits per heavy atom. The fourth-order valence-corrected chi connectivity index (χ4v) is 4.43. The number of hydrogen-bond acceptors (Lipinski definition) is 7. The van der Waals surface area contributed by atoms with Crippen molar-refractivity contribution in [1.82, 2.24) is 19.7 Å². The number of alkyl halides is 2. The number of aliphatic hydroxyl groups excluding tert-OH is 1. The molecule has 3 heterocycles. The zero-order valence-corrected chi connectivity index (χ0v) is 19.8. The van der Waals surface area contributed by atoms with Gasteiger partial charge < -0.3 is 19.9 Å². The number of aryl methyl sites for hydroxylation is 2. The lowest BCUT2D eigenvalue weighted by atomic mass is 10.0. The first-order valence-corrected chi connectivity index (χ1v) is 11.5.